The number of anilines is 1. The zero-order valence-electron chi connectivity index (χ0n) is 13.3. The molecule has 122 valence electrons. The van der Waals surface area contributed by atoms with Crippen molar-refractivity contribution in [2.45, 2.75) is 13.0 Å². The molecule has 0 aliphatic heterocycles. The molecule has 3 rings (SSSR count). The van der Waals surface area contributed by atoms with Crippen molar-refractivity contribution in [3.8, 4) is 5.75 Å². The molecule has 0 unspecified atom stereocenters. The SMILES string of the molecule is COc1ccccc1CC(=O)Nc1ccn(Cc2cccnc2)n1. The number of nitrogens with one attached hydrogen (secondary N) is 1. The van der Waals surface area contributed by atoms with Crippen LogP contribution in [0.4, 0.5) is 5.82 Å². The van der Waals surface area contributed by atoms with Crippen LogP contribution in [-0.4, -0.2) is 27.8 Å². The van der Waals surface area contributed by atoms with Gasteiger partial charge in [-0.15, -0.1) is 0 Å². The van der Waals surface area contributed by atoms with E-state index in [0.29, 0.717) is 18.1 Å². The number of carbonyl (C=O) groups excluding carboxylic acids is 1. The van der Waals surface area contributed by atoms with Crippen molar-refractivity contribution in [3.63, 3.8) is 0 Å². The van der Waals surface area contributed by atoms with E-state index in [1.165, 1.54) is 0 Å². The molecule has 0 fully saturated rings. The number of amides is 1. The third-order valence-electron chi connectivity index (χ3n) is 3.52. The van der Waals surface area contributed by atoms with Crippen molar-refractivity contribution in [3.05, 3.63) is 72.2 Å². The third kappa shape index (κ3) is 3.98. The second-order valence-electron chi connectivity index (χ2n) is 5.30. The van der Waals surface area contributed by atoms with Crippen molar-refractivity contribution in [1.82, 2.24) is 14.8 Å². The van der Waals surface area contributed by atoms with Gasteiger partial charge in [-0.25, -0.2) is 0 Å². The van der Waals surface area contributed by atoms with Crippen LogP contribution >= 0.6 is 0 Å². The molecular weight excluding hydrogens is 304 g/mol. The van der Waals surface area contributed by atoms with E-state index in [-0.39, 0.29) is 12.3 Å². The summed E-state index contributed by atoms with van der Waals surface area (Å²) in [7, 11) is 1.59. The molecule has 1 aromatic carbocycles. The molecular formula is C18H18N4O2. The normalized spacial score (nSPS) is 10.4. The van der Waals surface area contributed by atoms with Gasteiger partial charge in [-0.2, -0.15) is 5.10 Å². The van der Waals surface area contributed by atoms with E-state index in [4.69, 9.17) is 4.74 Å². The molecule has 0 radical (unpaired) electrons. The Labute approximate surface area is 140 Å². The largest absolute Gasteiger partial charge is 0.496 e. The van der Waals surface area contributed by atoms with E-state index in [9.17, 15) is 4.79 Å². The Morgan fingerprint density at radius 3 is 2.88 bits per heavy atom. The average molecular weight is 322 g/mol. The summed E-state index contributed by atoms with van der Waals surface area (Å²) in [6.45, 7) is 0.607. The lowest BCUT2D eigenvalue weighted by Crippen LogP contribution is -2.15. The number of methoxy groups -OCH3 is 1. The predicted molar refractivity (Wildman–Crippen MR) is 90.9 cm³/mol. The summed E-state index contributed by atoms with van der Waals surface area (Å²) in [6.07, 6.45) is 5.59. The minimum absolute atomic E-state index is 0.133. The molecule has 0 saturated carbocycles. The molecule has 2 heterocycles. The van der Waals surface area contributed by atoms with Crippen molar-refractivity contribution < 1.29 is 9.53 Å². The number of ether oxygens (including phenoxy) is 1. The maximum atomic E-state index is 12.2. The number of hydrogen-bond acceptors (Lipinski definition) is 4. The zero-order chi connectivity index (χ0) is 16.8. The fourth-order valence-corrected chi connectivity index (χ4v) is 2.40. The average Bonchev–Trinajstić information content (AvgIpc) is 3.03. The Bertz CT molecular complexity index is 815. The van der Waals surface area contributed by atoms with Crippen LogP contribution in [0.3, 0.4) is 0 Å². The fourth-order valence-electron chi connectivity index (χ4n) is 2.40. The van der Waals surface area contributed by atoms with Gasteiger partial charge in [-0.05, 0) is 17.7 Å². The first-order chi connectivity index (χ1) is 11.7. The molecule has 6 heteroatoms. The third-order valence-corrected chi connectivity index (χ3v) is 3.52. The Kier molecular flexibility index (Phi) is 4.86. The van der Waals surface area contributed by atoms with E-state index in [1.807, 2.05) is 42.6 Å². The fraction of sp³-hybridized carbons (Fsp3) is 0.167. The van der Waals surface area contributed by atoms with E-state index in [0.717, 1.165) is 11.1 Å². The van der Waals surface area contributed by atoms with Crippen LogP contribution in [0.5, 0.6) is 5.75 Å². The first-order valence-corrected chi connectivity index (χ1v) is 7.58. The number of rotatable bonds is 6. The highest BCUT2D eigenvalue weighted by atomic mass is 16.5. The summed E-state index contributed by atoms with van der Waals surface area (Å²) in [4.78, 5) is 16.3. The van der Waals surface area contributed by atoms with E-state index >= 15 is 0 Å². The molecule has 6 nitrogen and oxygen atoms in total. The summed E-state index contributed by atoms with van der Waals surface area (Å²) < 4.78 is 7.02. The lowest BCUT2D eigenvalue weighted by molar-refractivity contribution is -0.115. The lowest BCUT2D eigenvalue weighted by atomic mass is 10.1. The summed E-state index contributed by atoms with van der Waals surface area (Å²) in [5, 5.41) is 7.16. The molecule has 0 aliphatic carbocycles. The Morgan fingerprint density at radius 1 is 1.21 bits per heavy atom. The van der Waals surface area contributed by atoms with Crippen molar-refractivity contribution in [1.29, 1.82) is 0 Å². The lowest BCUT2D eigenvalue weighted by Gasteiger charge is -2.07. The van der Waals surface area contributed by atoms with Crippen LogP contribution in [0.15, 0.2) is 61.1 Å². The summed E-state index contributed by atoms with van der Waals surface area (Å²) >= 11 is 0. The Hall–Kier alpha value is -3.15. The highest BCUT2D eigenvalue weighted by Crippen LogP contribution is 2.18. The van der Waals surface area contributed by atoms with Gasteiger partial charge in [0.2, 0.25) is 5.91 Å². The first-order valence-electron chi connectivity index (χ1n) is 7.58. The molecule has 1 N–H and O–H groups in total. The maximum Gasteiger partial charge on any atom is 0.230 e. The second-order valence-corrected chi connectivity index (χ2v) is 5.30. The molecule has 0 atom stereocenters. The predicted octanol–water partition coefficient (Wildman–Crippen LogP) is 2.52. The standard InChI is InChI=1S/C18H18N4O2/c1-24-16-7-3-2-6-15(16)11-18(23)20-17-8-10-22(21-17)13-14-5-4-9-19-12-14/h2-10,12H,11,13H2,1H3,(H,20,21,23). The number of nitrogens with zero attached hydrogens (tertiary/aromatic N) is 3. The van der Waals surface area contributed by atoms with Gasteiger partial charge in [-0.1, -0.05) is 24.3 Å². The van der Waals surface area contributed by atoms with Crippen molar-refractivity contribution in [2.75, 3.05) is 12.4 Å². The zero-order valence-corrected chi connectivity index (χ0v) is 13.3. The molecule has 24 heavy (non-hydrogen) atoms. The van der Waals surface area contributed by atoms with Gasteiger partial charge in [0.05, 0.1) is 20.1 Å². The highest BCUT2D eigenvalue weighted by molar-refractivity contribution is 5.91. The smallest absolute Gasteiger partial charge is 0.230 e. The first kappa shape index (κ1) is 15.7. The van der Waals surface area contributed by atoms with Crippen molar-refractivity contribution in [2.24, 2.45) is 0 Å². The van der Waals surface area contributed by atoms with Gasteiger partial charge in [0.1, 0.15) is 5.75 Å². The number of carbonyl (C=O) groups is 1. The quantitative estimate of drug-likeness (QED) is 0.757. The minimum atomic E-state index is -0.133. The number of benzene rings is 1. The van der Waals surface area contributed by atoms with Crippen LogP contribution in [0.2, 0.25) is 0 Å². The topological polar surface area (TPSA) is 69.0 Å². The van der Waals surface area contributed by atoms with Crippen molar-refractivity contribution >= 4 is 11.7 Å². The Balaban J connectivity index is 1.61. The number of pyridine rings is 1. The molecule has 0 aliphatic rings. The van der Waals surface area contributed by atoms with E-state index in [2.05, 4.69) is 15.4 Å². The second kappa shape index (κ2) is 7.41. The molecule has 2 aromatic heterocycles. The molecule has 3 aromatic rings. The maximum absolute atomic E-state index is 12.2. The summed E-state index contributed by atoms with van der Waals surface area (Å²) in [5.74, 6) is 1.10. The van der Waals surface area contributed by atoms with Crippen LogP contribution in [0.25, 0.3) is 0 Å². The van der Waals surface area contributed by atoms with Gasteiger partial charge in [0.15, 0.2) is 5.82 Å². The Morgan fingerprint density at radius 2 is 2.08 bits per heavy atom. The molecule has 0 bridgehead atoms. The van der Waals surface area contributed by atoms with Gasteiger partial charge in [-0.3, -0.25) is 14.5 Å². The van der Waals surface area contributed by atoms with Crippen LogP contribution in [0, 0.1) is 0 Å². The summed E-state index contributed by atoms with van der Waals surface area (Å²) in [6, 6.07) is 13.1. The number of aromatic nitrogens is 3. The number of para-hydroxylation sites is 1. The molecule has 0 saturated heterocycles. The van der Waals surface area contributed by atoms with E-state index in [1.54, 1.807) is 30.3 Å². The van der Waals surface area contributed by atoms with Crippen LogP contribution < -0.4 is 10.1 Å². The highest BCUT2D eigenvalue weighted by Gasteiger charge is 2.10. The number of hydrogen-bond donors (Lipinski definition) is 1. The molecule has 1 amide bonds. The monoisotopic (exact) mass is 322 g/mol. The van der Waals surface area contributed by atoms with Gasteiger partial charge >= 0.3 is 0 Å². The van der Waals surface area contributed by atoms with Crippen LogP contribution in [-0.2, 0) is 17.8 Å². The van der Waals surface area contributed by atoms with E-state index < -0.39 is 0 Å². The van der Waals surface area contributed by atoms with Crippen LogP contribution in [0.1, 0.15) is 11.1 Å². The van der Waals surface area contributed by atoms with Gasteiger partial charge in [0, 0.05) is 30.2 Å². The van der Waals surface area contributed by atoms with Gasteiger partial charge in [0.25, 0.3) is 0 Å². The molecule has 0 spiro atoms. The summed E-state index contributed by atoms with van der Waals surface area (Å²) in [5.41, 5.74) is 1.89. The van der Waals surface area contributed by atoms with Gasteiger partial charge < -0.3 is 10.1 Å². The minimum Gasteiger partial charge on any atom is -0.496 e.